The summed E-state index contributed by atoms with van der Waals surface area (Å²) in [6, 6.07) is 0.790. The molecule has 1 heterocycles. The van der Waals surface area contributed by atoms with Crippen molar-refractivity contribution in [2.75, 3.05) is 6.61 Å². The topological polar surface area (TPSA) is 39.2 Å². The Morgan fingerprint density at radius 3 is 2.74 bits per heavy atom. The number of pyridine rings is 1. The number of carbonyl (C=O) groups excluding carboxylic acids is 1. The molecule has 0 saturated carbocycles. The van der Waals surface area contributed by atoms with Crippen molar-refractivity contribution in [3.63, 3.8) is 0 Å². The number of rotatable bonds is 4. The molecule has 0 N–H and O–H groups in total. The minimum atomic E-state index is -4.48. The van der Waals surface area contributed by atoms with Crippen LogP contribution in [0, 0.1) is 0 Å². The molecule has 0 unspecified atom stereocenters. The summed E-state index contributed by atoms with van der Waals surface area (Å²) in [5.41, 5.74) is -0.751. The molecule has 1 aromatic rings. The molecule has 0 saturated heterocycles. The van der Waals surface area contributed by atoms with Crippen molar-refractivity contribution in [3.8, 4) is 0 Å². The first-order chi connectivity index (χ1) is 8.84. The van der Waals surface area contributed by atoms with Gasteiger partial charge >= 0.3 is 12.1 Å². The zero-order valence-electron chi connectivity index (χ0n) is 10.00. The molecule has 19 heavy (non-hydrogen) atoms. The van der Waals surface area contributed by atoms with Crippen LogP contribution in [0.25, 0.3) is 6.08 Å². The van der Waals surface area contributed by atoms with Gasteiger partial charge in [0.25, 0.3) is 0 Å². The first-order valence-electron chi connectivity index (χ1n) is 5.39. The lowest BCUT2D eigenvalue weighted by atomic mass is 10.2. The molecule has 0 fully saturated rings. The summed E-state index contributed by atoms with van der Waals surface area (Å²) >= 11 is 5.68. The molecular formula is C12H11ClF3NO2. The van der Waals surface area contributed by atoms with Gasteiger partial charge in [-0.3, -0.25) is 9.78 Å². The molecule has 1 rings (SSSR count). The number of alkyl halides is 3. The van der Waals surface area contributed by atoms with Crippen LogP contribution in [0.15, 0.2) is 18.3 Å². The van der Waals surface area contributed by atoms with Gasteiger partial charge in [0.05, 0.1) is 29.3 Å². The fourth-order valence-electron chi connectivity index (χ4n) is 1.21. The maximum Gasteiger partial charge on any atom is 0.417 e. The van der Waals surface area contributed by atoms with E-state index in [4.69, 9.17) is 11.6 Å². The maximum absolute atomic E-state index is 12.4. The van der Waals surface area contributed by atoms with E-state index in [2.05, 4.69) is 9.72 Å². The fraction of sp³-hybridized carbons (Fsp3) is 0.333. The van der Waals surface area contributed by atoms with Crippen LogP contribution in [0.2, 0.25) is 5.02 Å². The molecule has 0 aliphatic heterocycles. The summed E-state index contributed by atoms with van der Waals surface area (Å²) < 4.78 is 41.8. The second kappa shape index (κ2) is 6.56. The van der Waals surface area contributed by atoms with Gasteiger partial charge in [0.15, 0.2) is 0 Å². The van der Waals surface area contributed by atoms with Crippen LogP contribution in [0.3, 0.4) is 0 Å². The predicted octanol–water partition coefficient (Wildman–Crippen LogP) is 3.72. The lowest BCUT2D eigenvalue weighted by Crippen LogP contribution is -2.05. The SMILES string of the molecule is CCOC(=O)CC=Cc1ncc(C(F)(F)F)cc1Cl. The van der Waals surface area contributed by atoms with Gasteiger partial charge in [-0.25, -0.2) is 0 Å². The molecule has 0 spiro atoms. The van der Waals surface area contributed by atoms with Crippen molar-refractivity contribution >= 4 is 23.6 Å². The zero-order chi connectivity index (χ0) is 14.5. The molecule has 1 aromatic heterocycles. The van der Waals surface area contributed by atoms with E-state index in [9.17, 15) is 18.0 Å². The minimum Gasteiger partial charge on any atom is -0.466 e. The number of ether oxygens (including phenoxy) is 1. The average Bonchev–Trinajstić information content (AvgIpc) is 2.30. The number of halogens is 4. The van der Waals surface area contributed by atoms with E-state index in [1.807, 2.05) is 0 Å². The van der Waals surface area contributed by atoms with Crippen molar-refractivity contribution in [2.24, 2.45) is 0 Å². The molecule has 0 aliphatic carbocycles. The van der Waals surface area contributed by atoms with E-state index in [1.165, 1.54) is 12.2 Å². The fourth-order valence-corrected chi connectivity index (χ4v) is 1.44. The van der Waals surface area contributed by atoms with Crippen molar-refractivity contribution in [1.82, 2.24) is 4.98 Å². The minimum absolute atomic E-state index is 0.00682. The highest BCUT2D eigenvalue weighted by Gasteiger charge is 2.31. The third kappa shape index (κ3) is 4.90. The van der Waals surface area contributed by atoms with Gasteiger partial charge < -0.3 is 4.74 Å². The van der Waals surface area contributed by atoms with Gasteiger partial charge in [-0.2, -0.15) is 13.2 Å². The molecular weight excluding hydrogens is 283 g/mol. The molecule has 3 nitrogen and oxygen atoms in total. The molecule has 0 aromatic carbocycles. The van der Waals surface area contributed by atoms with Crippen LogP contribution in [-0.2, 0) is 15.7 Å². The summed E-state index contributed by atoms with van der Waals surface area (Å²) in [5, 5.41) is -0.130. The number of nitrogens with zero attached hydrogens (tertiary/aromatic N) is 1. The Kier molecular flexibility index (Phi) is 5.35. The Morgan fingerprint density at radius 2 is 2.21 bits per heavy atom. The highest BCUT2D eigenvalue weighted by Crippen LogP contribution is 2.31. The number of hydrogen-bond acceptors (Lipinski definition) is 3. The predicted molar refractivity (Wildman–Crippen MR) is 64.5 cm³/mol. The third-order valence-electron chi connectivity index (χ3n) is 2.06. The molecule has 0 aliphatic rings. The van der Waals surface area contributed by atoms with Crippen LogP contribution < -0.4 is 0 Å². The van der Waals surface area contributed by atoms with Crippen LogP contribution in [0.1, 0.15) is 24.6 Å². The Labute approximate surface area is 113 Å². The number of esters is 1. The monoisotopic (exact) mass is 293 g/mol. The quantitative estimate of drug-likeness (QED) is 0.794. The van der Waals surface area contributed by atoms with E-state index in [-0.39, 0.29) is 23.7 Å². The first-order valence-corrected chi connectivity index (χ1v) is 5.77. The van der Waals surface area contributed by atoms with Crippen molar-refractivity contribution < 1.29 is 22.7 Å². The summed E-state index contributed by atoms with van der Waals surface area (Å²) in [6.45, 7) is 1.95. The van der Waals surface area contributed by atoms with Crippen LogP contribution in [0.4, 0.5) is 13.2 Å². The van der Waals surface area contributed by atoms with Gasteiger partial charge in [-0.05, 0) is 19.1 Å². The van der Waals surface area contributed by atoms with Crippen LogP contribution in [0.5, 0.6) is 0 Å². The average molecular weight is 294 g/mol. The highest BCUT2D eigenvalue weighted by atomic mass is 35.5. The normalized spacial score (nSPS) is 11.8. The second-order valence-corrected chi connectivity index (χ2v) is 3.91. The highest BCUT2D eigenvalue weighted by molar-refractivity contribution is 6.31. The lowest BCUT2D eigenvalue weighted by Gasteiger charge is -2.07. The summed E-state index contributed by atoms with van der Waals surface area (Å²) in [5.74, 6) is -0.429. The Balaban J connectivity index is 2.75. The smallest absolute Gasteiger partial charge is 0.417 e. The Morgan fingerprint density at radius 1 is 1.53 bits per heavy atom. The van der Waals surface area contributed by atoms with Gasteiger partial charge in [0.1, 0.15) is 0 Å². The molecule has 0 atom stereocenters. The van der Waals surface area contributed by atoms with Crippen molar-refractivity contribution in [1.29, 1.82) is 0 Å². The lowest BCUT2D eigenvalue weighted by molar-refractivity contribution is -0.142. The van der Waals surface area contributed by atoms with E-state index in [0.717, 1.165) is 6.07 Å². The molecule has 0 radical (unpaired) electrons. The van der Waals surface area contributed by atoms with E-state index < -0.39 is 17.7 Å². The van der Waals surface area contributed by atoms with Gasteiger partial charge in [-0.15, -0.1) is 0 Å². The first kappa shape index (κ1) is 15.5. The number of hydrogen-bond donors (Lipinski definition) is 0. The Hall–Kier alpha value is -1.56. The number of aromatic nitrogens is 1. The number of carbonyl (C=O) groups is 1. The van der Waals surface area contributed by atoms with Crippen LogP contribution in [-0.4, -0.2) is 17.6 Å². The third-order valence-corrected chi connectivity index (χ3v) is 2.37. The van der Waals surface area contributed by atoms with Crippen molar-refractivity contribution in [2.45, 2.75) is 19.5 Å². The maximum atomic E-state index is 12.4. The van der Waals surface area contributed by atoms with Crippen LogP contribution >= 0.6 is 11.6 Å². The van der Waals surface area contributed by atoms with Gasteiger partial charge in [0.2, 0.25) is 0 Å². The van der Waals surface area contributed by atoms with Gasteiger partial charge in [0, 0.05) is 6.20 Å². The molecule has 0 bridgehead atoms. The van der Waals surface area contributed by atoms with E-state index >= 15 is 0 Å². The summed E-state index contributed by atoms with van der Waals surface area (Å²) in [4.78, 5) is 14.6. The standard InChI is InChI=1S/C12H11ClF3NO2/c1-2-19-11(18)5-3-4-10-9(13)6-8(7-17-10)12(14,15)16/h3-4,6-7H,2,5H2,1H3. The van der Waals surface area contributed by atoms with E-state index in [0.29, 0.717) is 6.20 Å². The Bertz CT molecular complexity index is 486. The molecule has 7 heteroatoms. The zero-order valence-corrected chi connectivity index (χ0v) is 10.8. The van der Waals surface area contributed by atoms with Crippen molar-refractivity contribution in [3.05, 3.63) is 34.6 Å². The van der Waals surface area contributed by atoms with Gasteiger partial charge in [-0.1, -0.05) is 17.7 Å². The molecule has 104 valence electrons. The summed E-state index contributed by atoms with van der Waals surface area (Å²) in [6.07, 6.45) is -0.981. The second-order valence-electron chi connectivity index (χ2n) is 3.50. The largest absolute Gasteiger partial charge is 0.466 e. The summed E-state index contributed by atoms with van der Waals surface area (Å²) in [7, 11) is 0. The molecule has 0 amide bonds. The van der Waals surface area contributed by atoms with E-state index in [1.54, 1.807) is 6.92 Å².